The maximum atomic E-state index is 5.93. The predicted molar refractivity (Wildman–Crippen MR) is 79.9 cm³/mol. The number of benzene rings is 2. The van der Waals surface area contributed by atoms with E-state index >= 15 is 0 Å². The minimum atomic E-state index is 0.635. The molecule has 0 spiro atoms. The van der Waals surface area contributed by atoms with Crippen LogP contribution in [0.2, 0.25) is 5.02 Å². The zero-order chi connectivity index (χ0) is 13.1. The molecule has 0 bridgehead atoms. The minimum Gasteiger partial charge on any atom is -0.397 e. The molecule has 0 unspecified atom stereocenters. The molecule has 3 N–H and O–H groups in total. The largest absolute Gasteiger partial charge is 0.397 e. The number of para-hydroxylation sites is 2. The second-order valence-electron chi connectivity index (χ2n) is 4.27. The van der Waals surface area contributed by atoms with Gasteiger partial charge in [0.15, 0.2) is 0 Å². The number of nitrogens with one attached hydrogen (secondary N) is 1. The zero-order valence-corrected chi connectivity index (χ0v) is 11.2. The van der Waals surface area contributed by atoms with Crippen molar-refractivity contribution in [3.8, 4) is 0 Å². The summed E-state index contributed by atoms with van der Waals surface area (Å²) in [5.74, 6) is 0. The van der Waals surface area contributed by atoms with E-state index in [1.165, 1.54) is 0 Å². The molecular formula is C14H16ClN3. The first-order chi connectivity index (χ1) is 8.58. The summed E-state index contributed by atoms with van der Waals surface area (Å²) >= 11 is 5.89. The highest BCUT2D eigenvalue weighted by Crippen LogP contribution is 2.30. The Morgan fingerprint density at radius 2 is 1.78 bits per heavy atom. The van der Waals surface area contributed by atoms with Crippen molar-refractivity contribution in [1.29, 1.82) is 0 Å². The van der Waals surface area contributed by atoms with E-state index in [9.17, 15) is 0 Å². The SMILES string of the molecule is CN(C)c1ccccc1Nc1ccc(Cl)cc1N. The highest BCUT2D eigenvalue weighted by Gasteiger charge is 2.06. The molecule has 0 aromatic heterocycles. The predicted octanol–water partition coefficient (Wildman–Crippen LogP) is 3.73. The molecule has 0 aliphatic heterocycles. The Hall–Kier alpha value is -1.87. The van der Waals surface area contributed by atoms with Crippen LogP contribution in [0, 0.1) is 0 Å². The van der Waals surface area contributed by atoms with Gasteiger partial charge >= 0.3 is 0 Å². The Morgan fingerprint density at radius 1 is 1.06 bits per heavy atom. The summed E-state index contributed by atoms with van der Waals surface area (Å²) in [5, 5.41) is 3.96. The molecule has 0 amide bonds. The quantitative estimate of drug-likeness (QED) is 0.827. The molecular weight excluding hydrogens is 246 g/mol. The van der Waals surface area contributed by atoms with Crippen molar-refractivity contribution in [2.75, 3.05) is 30.0 Å². The summed E-state index contributed by atoms with van der Waals surface area (Å²) < 4.78 is 0. The van der Waals surface area contributed by atoms with Gasteiger partial charge in [0.2, 0.25) is 0 Å². The Morgan fingerprint density at radius 3 is 2.44 bits per heavy atom. The topological polar surface area (TPSA) is 41.3 Å². The molecule has 0 saturated carbocycles. The van der Waals surface area contributed by atoms with Gasteiger partial charge in [-0.15, -0.1) is 0 Å². The van der Waals surface area contributed by atoms with Crippen molar-refractivity contribution >= 4 is 34.4 Å². The van der Waals surface area contributed by atoms with Crippen LogP contribution in [-0.4, -0.2) is 14.1 Å². The number of hydrogen-bond donors (Lipinski definition) is 2. The first-order valence-electron chi connectivity index (χ1n) is 5.66. The van der Waals surface area contributed by atoms with Crippen molar-refractivity contribution in [1.82, 2.24) is 0 Å². The second kappa shape index (κ2) is 5.19. The Labute approximate surface area is 112 Å². The number of halogens is 1. The molecule has 2 aromatic rings. The van der Waals surface area contributed by atoms with Crippen LogP contribution in [0.1, 0.15) is 0 Å². The van der Waals surface area contributed by atoms with Gasteiger partial charge in [-0.1, -0.05) is 23.7 Å². The van der Waals surface area contributed by atoms with Crippen LogP contribution in [0.15, 0.2) is 42.5 Å². The van der Waals surface area contributed by atoms with Crippen molar-refractivity contribution in [2.24, 2.45) is 0 Å². The van der Waals surface area contributed by atoms with Gasteiger partial charge in [-0.05, 0) is 30.3 Å². The molecule has 4 heteroatoms. The first kappa shape index (κ1) is 12.6. The number of nitrogens with two attached hydrogens (primary N) is 1. The zero-order valence-electron chi connectivity index (χ0n) is 10.4. The van der Waals surface area contributed by atoms with Crippen molar-refractivity contribution < 1.29 is 0 Å². The summed E-state index contributed by atoms with van der Waals surface area (Å²) in [7, 11) is 4.01. The van der Waals surface area contributed by atoms with Crippen LogP contribution in [0.4, 0.5) is 22.7 Å². The van der Waals surface area contributed by atoms with E-state index < -0.39 is 0 Å². The highest BCUT2D eigenvalue weighted by molar-refractivity contribution is 6.31. The Balaban J connectivity index is 2.34. The van der Waals surface area contributed by atoms with Crippen molar-refractivity contribution in [3.63, 3.8) is 0 Å². The van der Waals surface area contributed by atoms with E-state index in [0.717, 1.165) is 17.1 Å². The van der Waals surface area contributed by atoms with E-state index in [4.69, 9.17) is 17.3 Å². The fraction of sp³-hybridized carbons (Fsp3) is 0.143. The van der Waals surface area contributed by atoms with Crippen LogP contribution in [0.5, 0.6) is 0 Å². The van der Waals surface area contributed by atoms with Crippen LogP contribution in [0.3, 0.4) is 0 Å². The molecule has 0 aliphatic carbocycles. The third kappa shape index (κ3) is 2.68. The Bertz CT molecular complexity index is 552. The summed E-state index contributed by atoms with van der Waals surface area (Å²) in [5.41, 5.74) is 9.54. The van der Waals surface area contributed by atoms with Gasteiger partial charge < -0.3 is 16.0 Å². The maximum Gasteiger partial charge on any atom is 0.0622 e. The summed E-state index contributed by atoms with van der Waals surface area (Å²) in [6.45, 7) is 0. The standard InChI is InChI=1S/C14H16ClN3/c1-18(2)14-6-4-3-5-13(14)17-12-8-7-10(15)9-11(12)16/h3-9,17H,16H2,1-2H3. The number of rotatable bonds is 3. The van der Waals surface area contributed by atoms with E-state index in [2.05, 4.69) is 16.3 Å². The average Bonchev–Trinajstić information content (AvgIpc) is 2.33. The molecule has 0 fully saturated rings. The smallest absolute Gasteiger partial charge is 0.0622 e. The molecule has 94 valence electrons. The fourth-order valence-corrected chi connectivity index (χ4v) is 1.94. The van der Waals surface area contributed by atoms with Gasteiger partial charge in [-0.2, -0.15) is 0 Å². The lowest BCUT2D eigenvalue weighted by atomic mass is 10.2. The normalized spacial score (nSPS) is 10.2. The van der Waals surface area contributed by atoms with Gasteiger partial charge in [-0.3, -0.25) is 0 Å². The van der Waals surface area contributed by atoms with Crippen LogP contribution < -0.4 is 16.0 Å². The number of nitrogens with zero attached hydrogens (tertiary/aromatic N) is 1. The lowest BCUT2D eigenvalue weighted by Crippen LogP contribution is -2.11. The first-order valence-corrected chi connectivity index (χ1v) is 6.04. The van der Waals surface area contributed by atoms with Crippen LogP contribution in [0.25, 0.3) is 0 Å². The molecule has 3 nitrogen and oxygen atoms in total. The van der Waals surface area contributed by atoms with Crippen molar-refractivity contribution in [2.45, 2.75) is 0 Å². The summed E-state index contributed by atoms with van der Waals surface area (Å²) in [6, 6.07) is 13.5. The van der Waals surface area contributed by atoms with Crippen LogP contribution in [-0.2, 0) is 0 Å². The lowest BCUT2D eigenvalue weighted by molar-refractivity contribution is 1.13. The third-order valence-electron chi connectivity index (χ3n) is 2.67. The number of hydrogen-bond acceptors (Lipinski definition) is 3. The van der Waals surface area contributed by atoms with E-state index in [0.29, 0.717) is 10.7 Å². The molecule has 2 aromatic carbocycles. The number of nitrogen functional groups attached to an aromatic ring is 1. The second-order valence-corrected chi connectivity index (χ2v) is 4.70. The molecule has 0 heterocycles. The molecule has 0 radical (unpaired) electrons. The van der Waals surface area contributed by atoms with E-state index in [1.807, 2.05) is 44.4 Å². The Kier molecular flexibility index (Phi) is 3.63. The molecule has 2 rings (SSSR count). The monoisotopic (exact) mass is 261 g/mol. The van der Waals surface area contributed by atoms with Gasteiger partial charge in [0, 0.05) is 19.1 Å². The van der Waals surface area contributed by atoms with Gasteiger partial charge in [0.25, 0.3) is 0 Å². The average molecular weight is 262 g/mol. The maximum absolute atomic E-state index is 5.93. The molecule has 18 heavy (non-hydrogen) atoms. The lowest BCUT2D eigenvalue weighted by Gasteiger charge is -2.19. The highest BCUT2D eigenvalue weighted by atomic mass is 35.5. The van der Waals surface area contributed by atoms with Gasteiger partial charge in [-0.25, -0.2) is 0 Å². The van der Waals surface area contributed by atoms with Gasteiger partial charge in [0.05, 0.1) is 22.7 Å². The van der Waals surface area contributed by atoms with E-state index in [1.54, 1.807) is 6.07 Å². The molecule has 0 saturated heterocycles. The molecule has 0 atom stereocenters. The summed E-state index contributed by atoms with van der Waals surface area (Å²) in [4.78, 5) is 2.05. The molecule has 0 aliphatic rings. The van der Waals surface area contributed by atoms with Gasteiger partial charge in [0.1, 0.15) is 0 Å². The fourth-order valence-electron chi connectivity index (χ4n) is 1.76. The van der Waals surface area contributed by atoms with E-state index in [-0.39, 0.29) is 0 Å². The number of anilines is 4. The minimum absolute atomic E-state index is 0.635. The summed E-state index contributed by atoms with van der Waals surface area (Å²) in [6.07, 6.45) is 0. The van der Waals surface area contributed by atoms with Crippen molar-refractivity contribution in [3.05, 3.63) is 47.5 Å². The third-order valence-corrected chi connectivity index (χ3v) is 2.90. The van der Waals surface area contributed by atoms with Crippen LogP contribution >= 0.6 is 11.6 Å².